The smallest absolute Gasteiger partial charge is 0.229 e. The van der Waals surface area contributed by atoms with E-state index in [-0.39, 0.29) is 11.8 Å². The maximum atomic E-state index is 12.4. The van der Waals surface area contributed by atoms with Crippen molar-refractivity contribution in [3.8, 4) is 0 Å². The quantitative estimate of drug-likeness (QED) is 0.897. The van der Waals surface area contributed by atoms with E-state index in [2.05, 4.69) is 20.5 Å². The van der Waals surface area contributed by atoms with Gasteiger partial charge in [-0.2, -0.15) is 0 Å². The average molecular weight is 342 g/mol. The third-order valence-corrected chi connectivity index (χ3v) is 6.01. The Morgan fingerprint density at radius 1 is 1.17 bits per heavy atom. The molecule has 24 heavy (non-hydrogen) atoms. The van der Waals surface area contributed by atoms with E-state index < -0.39 is 0 Å². The summed E-state index contributed by atoms with van der Waals surface area (Å²) >= 11 is 1.53. The van der Waals surface area contributed by atoms with Gasteiger partial charge in [0, 0.05) is 24.7 Å². The molecule has 2 heterocycles. The van der Waals surface area contributed by atoms with Crippen molar-refractivity contribution < 1.29 is 4.79 Å². The van der Waals surface area contributed by atoms with Crippen molar-refractivity contribution >= 4 is 22.4 Å². The molecular formula is C18H22N4OS. The van der Waals surface area contributed by atoms with Crippen LogP contribution in [0.1, 0.15) is 55.0 Å². The maximum absolute atomic E-state index is 12.4. The molecular weight excluding hydrogens is 320 g/mol. The molecule has 1 N–H and O–H groups in total. The maximum Gasteiger partial charge on any atom is 0.229 e. The Bertz CT molecular complexity index is 696. The standard InChI is InChI=1S/C18H22N4OS/c23-17(15-11-14(15)13-6-8-19-9-7-13)20-18-22-21-16(24-18)10-12-4-2-1-3-5-12/h6-9,12,14-15H,1-5,10-11H2,(H,20,22,23)/t14-,15+/m0/s1. The summed E-state index contributed by atoms with van der Waals surface area (Å²) in [5, 5.41) is 13.1. The van der Waals surface area contributed by atoms with Gasteiger partial charge in [0.1, 0.15) is 5.01 Å². The molecule has 1 amide bonds. The van der Waals surface area contributed by atoms with E-state index in [9.17, 15) is 4.79 Å². The van der Waals surface area contributed by atoms with Crippen LogP contribution in [0.5, 0.6) is 0 Å². The van der Waals surface area contributed by atoms with Gasteiger partial charge in [-0.25, -0.2) is 0 Å². The minimum Gasteiger partial charge on any atom is -0.300 e. The van der Waals surface area contributed by atoms with Crippen molar-refractivity contribution in [3.05, 3.63) is 35.1 Å². The second-order valence-electron chi connectivity index (χ2n) is 6.93. The predicted octanol–water partition coefficient (Wildman–Crippen LogP) is 3.80. The topological polar surface area (TPSA) is 67.8 Å². The summed E-state index contributed by atoms with van der Waals surface area (Å²) in [6, 6.07) is 3.98. The summed E-state index contributed by atoms with van der Waals surface area (Å²) in [6.07, 6.45) is 12.1. The highest BCUT2D eigenvalue weighted by molar-refractivity contribution is 7.15. The molecule has 2 fully saturated rings. The Morgan fingerprint density at radius 3 is 2.75 bits per heavy atom. The summed E-state index contributed by atoms with van der Waals surface area (Å²) in [7, 11) is 0. The Hall–Kier alpha value is -1.82. The van der Waals surface area contributed by atoms with Gasteiger partial charge < -0.3 is 5.32 Å². The number of amides is 1. The Morgan fingerprint density at radius 2 is 1.96 bits per heavy atom. The van der Waals surface area contributed by atoms with Crippen LogP contribution in [0.15, 0.2) is 24.5 Å². The molecule has 0 saturated heterocycles. The van der Waals surface area contributed by atoms with E-state index in [1.54, 1.807) is 12.4 Å². The lowest BCUT2D eigenvalue weighted by Gasteiger charge is -2.19. The van der Waals surface area contributed by atoms with Crippen LogP contribution in [0.3, 0.4) is 0 Å². The second kappa shape index (κ2) is 6.97. The fourth-order valence-corrected chi connectivity index (χ4v) is 4.54. The lowest BCUT2D eigenvalue weighted by molar-refractivity contribution is -0.117. The molecule has 0 unspecified atom stereocenters. The van der Waals surface area contributed by atoms with Crippen molar-refractivity contribution in [3.63, 3.8) is 0 Å². The molecule has 0 radical (unpaired) electrons. The zero-order valence-corrected chi connectivity index (χ0v) is 14.5. The molecule has 0 bridgehead atoms. The molecule has 2 aliphatic carbocycles. The summed E-state index contributed by atoms with van der Waals surface area (Å²) in [6.45, 7) is 0. The largest absolute Gasteiger partial charge is 0.300 e. The lowest BCUT2D eigenvalue weighted by atomic mass is 9.87. The number of carbonyl (C=O) groups excluding carboxylic acids is 1. The third-order valence-electron chi connectivity index (χ3n) is 5.15. The highest BCUT2D eigenvalue weighted by Gasteiger charge is 2.44. The van der Waals surface area contributed by atoms with Gasteiger partial charge in [0.25, 0.3) is 0 Å². The zero-order chi connectivity index (χ0) is 16.4. The summed E-state index contributed by atoms with van der Waals surface area (Å²) in [5.74, 6) is 1.19. The van der Waals surface area contributed by atoms with Gasteiger partial charge in [-0.1, -0.05) is 43.4 Å². The van der Waals surface area contributed by atoms with Crippen molar-refractivity contribution in [1.82, 2.24) is 15.2 Å². The van der Waals surface area contributed by atoms with E-state index >= 15 is 0 Å². The van der Waals surface area contributed by atoms with Crippen LogP contribution in [0.25, 0.3) is 0 Å². The minimum atomic E-state index is 0.0538. The molecule has 5 nitrogen and oxygen atoms in total. The number of aromatic nitrogens is 3. The molecule has 2 aromatic heterocycles. The van der Waals surface area contributed by atoms with Crippen LogP contribution in [-0.2, 0) is 11.2 Å². The summed E-state index contributed by atoms with van der Waals surface area (Å²) in [4.78, 5) is 16.4. The van der Waals surface area contributed by atoms with E-state index in [0.717, 1.165) is 23.8 Å². The number of pyridine rings is 1. The zero-order valence-electron chi connectivity index (χ0n) is 13.6. The van der Waals surface area contributed by atoms with Crippen molar-refractivity contribution in [2.24, 2.45) is 11.8 Å². The molecule has 2 atom stereocenters. The third kappa shape index (κ3) is 3.64. The number of nitrogens with zero attached hydrogens (tertiary/aromatic N) is 3. The molecule has 0 aromatic carbocycles. The van der Waals surface area contributed by atoms with Gasteiger partial charge >= 0.3 is 0 Å². The van der Waals surface area contributed by atoms with Crippen molar-refractivity contribution in [2.45, 2.75) is 50.9 Å². The Labute approximate surface area is 145 Å². The normalized spacial score (nSPS) is 23.8. The van der Waals surface area contributed by atoms with Gasteiger partial charge in [-0.05, 0) is 36.0 Å². The first-order valence-electron chi connectivity index (χ1n) is 8.83. The number of carbonyl (C=O) groups is 1. The molecule has 2 aromatic rings. The van der Waals surface area contributed by atoms with Crippen LogP contribution in [0.4, 0.5) is 5.13 Å². The van der Waals surface area contributed by atoms with Gasteiger partial charge in [-0.3, -0.25) is 9.78 Å². The first-order chi connectivity index (χ1) is 11.8. The van der Waals surface area contributed by atoms with Gasteiger partial charge in [0.2, 0.25) is 11.0 Å². The molecule has 0 spiro atoms. The van der Waals surface area contributed by atoms with Crippen molar-refractivity contribution in [2.75, 3.05) is 5.32 Å². The average Bonchev–Trinajstić information content (AvgIpc) is 3.32. The first-order valence-corrected chi connectivity index (χ1v) is 9.64. The highest BCUT2D eigenvalue weighted by Crippen LogP contribution is 2.47. The molecule has 4 rings (SSSR count). The summed E-state index contributed by atoms with van der Waals surface area (Å²) in [5.41, 5.74) is 1.19. The van der Waals surface area contributed by atoms with Crippen LogP contribution in [-0.4, -0.2) is 21.1 Å². The van der Waals surface area contributed by atoms with Gasteiger partial charge in [0.05, 0.1) is 0 Å². The van der Waals surface area contributed by atoms with Crippen LogP contribution >= 0.6 is 11.3 Å². The molecule has 126 valence electrons. The Balaban J connectivity index is 1.30. The van der Waals surface area contributed by atoms with Crippen LogP contribution in [0.2, 0.25) is 0 Å². The molecule has 2 saturated carbocycles. The van der Waals surface area contributed by atoms with Crippen molar-refractivity contribution in [1.29, 1.82) is 0 Å². The fourth-order valence-electron chi connectivity index (χ4n) is 3.69. The van der Waals surface area contributed by atoms with Crippen LogP contribution in [0, 0.1) is 11.8 Å². The second-order valence-corrected chi connectivity index (χ2v) is 7.99. The SMILES string of the molecule is O=C(Nc1nnc(CC2CCCCC2)s1)[C@@H]1C[C@H]1c1ccncc1. The fraction of sp³-hybridized carbons (Fsp3) is 0.556. The van der Waals surface area contributed by atoms with E-state index in [0.29, 0.717) is 11.0 Å². The molecule has 0 aliphatic heterocycles. The van der Waals surface area contributed by atoms with Crippen LogP contribution < -0.4 is 5.32 Å². The molecule has 2 aliphatic rings. The minimum absolute atomic E-state index is 0.0538. The Kier molecular flexibility index (Phi) is 4.56. The summed E-state index contributed by atoms with van der Waals surface area (Å²) < 4.78 is 0. The first kappa shape index (κ1) is 15.7. The lowest BCUT2D eigenvalue weighted by Crippen LogP contribution is -2.14. The highest BCUT2D eigenvalue weighted by atomic mass is 32.1. The van der Waals surface area contributed by atoms with Gasteiger partial charge in [0.15, 0.2) is 0 Å². The number of hydrogen-bond donors (Lipinski definition) is 1. The van der Waals surface area contributed by atoms with E-state index in [4.69, 9.17) is 0 Å². The molecule has 6 heteroatoms. The van der Waals surface area contributed by atoms with E-state index in [1.807, 2.05) is 12.1 Å². The van der Waals surface area contributed by atoms with E-state index in [1.165, 1.54) is 49.0 Å². The number of nitrogens with one attached hydrogen (secondary N) is 1. The number of rotatable bonds is 5. The monoisotopic (exact) mass is 342 g/mol. The van der Waals surface area contributed by atoms with Gasteiger partial charge in [-0.15, -0.1) is 10.2 Å². The number of hydrogen-bond acceptors (Lipinski definition) is 5. The number of anilines is 1. The predicted molar refractivity (Wildman–Crippen MR) is 93.9 cm³/mol.